The molecule has 0 aliphatic heterocycles. The number of aryl methyl sites for hydroxylation is 2. The van der Waals surface area contributed by atoms with Crippen LogP contribution in [0.1, 0.15) is 40.1 Å². The van der Waals surface area contributed by atoms with Crippen molar-refractivity contribution in [2.24, 2.45) is 0 Å². The maximum atomic E-state index is 13.5. The second kappa shape index (κ2) is 6.31. The van der Waals surface area contributed by atoms with Crippen molar-refractivity contribution >= 4 is 16.8 Å². The number of halogens is 2. The Morgan fingerprint density at radius 3 is 2.48 bits per heavy atom. The first-order valence-electron chi connectivity index (χ1n) is 8.10. The SMILES string of the molecule is Cc1[nH]c2ccc(C(=O)N(C)C(C)c3ccc(F)c(F)c3)cc2c1C. The van der Waals surface area contributed by atoms with E-state index in [1.807, 2.05) is 26.0 Å². The topological polar surface area (TPSA) is 36.1 Å². The van der Waals surface area contributed by atoms with Crippen molar-refractivity contribution in [1.82, 2.24) is 9.88 Å². The van der Waals surface area contributed by atoms with Crippen LogP contribution in [0, 0.1) is 25.5 Å². The third-order valence-corrected chi connectivity index (χ3v) is 4.88. The normalized spacial score (nSPS) is 12.4. The van der Waals surface area contributed by atoms with E-state index in [4.69, 9.17) is 0 Å². The van der Waals surface area contributed by atoms with E-state index in [1.165, 1.54) is 11.0 Å². The number of carbonyl (C=O) groups excluding carboxylic acids is 1. The van der Waals surface area contributed by atoms with Gasteiger partial charge in [0, 0.05) is 29.2 Å². The number of amides is 1. The Kier molecular flexibility index (Phi) is 4.33. The Labute approximate surface area is 145 Å². The Hall–Kier alpha value is -2.69. The Balaban J connectivity index is 1.91. The van der Waals surface area contributed by atoms with E-state index in [0.717, 1.165) is 34.3 Å². The van der Waals surface area contributed by atoms with E-state index < -0.39 is 11.6 Å². The van der Waals surface area contributed by atoms with E-state index in [0.29, 0.717) is 11.1 Å². The van der Waals surface area contributed by atoms with Gasteiger partial charge >= 0.3 is 0 Å². The maximum Gasteiger partial charge on any atom is 0.254 e. The summed E-state index contributed by atoms with van der Waals surface area (Å²) in [4.78, 5) is 17.6. The summed E-state index contributed by atoms with van der Waals surface area (Å²) >= 11 is 0. The highest BCUT2D eigenvalue weighted by molar-refractivity contribution is 5.99. The number of nitrogens with one attached hydrogen (secondary N) is 1. The molecule has 130 valence electrons. The molecule has 3 rings (SSSR count). The van der Waals surface area contributed by atoms with Crippen LogP contribution in [0.4, 0.5) is 8.78 Å². The molecule has 0 spiro atoms. The van der Waals surface area contributed by atoms with Crippen molar-refractivity contribution in [1.29, 1.82) is 0 Å². The van der Waals surface area contributed by atoms with Gasteiger partial charge in [-0.3, -0.25) is 4.79 Å². The molecule has 0 bridgehead atoms. The van der Waals surface area contributed by atoms with Crippen LogP contribution in [-0.4, -0.2) is 22.8 Å². The van der Waals surface area contributed by atoms with Gasteiger partial charge in [0.15, 0.2) is 11.6 Å². The van der Waals surface area contributed by atoms with Crippen LogP contribution in [-0.2, 0) is 0 Å². The van der Waals surface area contributed by atoms with Gasteiger partial charge in [-0.15, -0.1) is 0 Å². The lowest BCUT2D eigenvalue weighted by Crippen LogP contribution is -2.29. The summed E-state index contributed by atoms with van der Waals surface area (Å²) < 4.78 is 26.6. The molecule has 0 saturated heterocycles. The first kappa shape index (κ1) is 17.1. The number of nitrogens with zero attached hydrogens (tertiary/aromatic N) is 1. The quantitative estimate of drug-likeness (QED) is 0.722. The lowest BCUT2D eigenvalue weighted by atomic mass is 10.0. The minimum Gasteiger partial charge on any atom is -0.358 e. The largest absolute Gasteiger partial charge is 0.358 e. The summed E-state index contributed by atoms with van der Waals surface area (Å²) in [7, 11) is 1.66. The highest BCUT2D eigenvalue weighted by Gasteiger charge is 2.20. The molecule has 0 aliphatic rings. The van der Waals surface area contributed by atoms with Gasteiger partial charge in [0.2, 0.25) is 0 Å². The summed E-state index contributed by atoms with van der Waals surface area (Å²) in [6.45, 7) is 5.79. The van der Waals surface area contributed by atoms with E-state index in [2.05, 4.69) is 4.98 Å². The highest BCUT2D eigenvalue weighted by Crippen LogP contribution is 2.26. The molecule has 5 heteroatoms. The van der Waals surface area contributed by atoms with Crippen LogP contribution >= 0.6 is 0 Å². The van der Waals surface area contributed by atoms with Crippen LogP contribution in [0.3, 0.4) is 0 Å². The van der Waals surface area contributed by atoms with E-state index in [9.17, 15) is 13.6 Å². The number of aromatic amines is 1. The zero-order chi connectivity index (χ0) is 18.3. The number of hydrogen-bond donors (Lipinski definition) is 1. The molecule has 0 radical (unpaired) electrons. The molecule has 1 unspecified atom stereocenters. The van der Waals surface area contributed by atoms with Gasteiger partial charge in [-0.1, -0.05) is 6.07 Å². The molecule has 0 fully saturated rings. The smallest absolute Gasteiger partial charge is 0.254 e. The third-order valence-electron chi connectivity index (χ3n) is 4.88. The summed E-state index contributed by atoms with van der Waals surface area (Å²) in [5.41, 5.74) is 4.28. The molecule has 1 heterocycles. The molecule has 0 saturated carbocycles. The van der Waals surface area contributed by atoms with Crippen molar-refractivity contribution in [3.63, 3.8) is 0 Å². The second-order valence-corrected chi connectivity index (χ2v) is 6.40. The fraction of sp³-hybridized carbons (Fsp3) is 0.250. The zero-order valence-electron chi connectivity index (χ0n) is 14.7. The highest BCUT2D eigenvalue weighted by atomic mass is 19.2. The fourth-order valence-corrected chi connectivity index (χ4v) is 2.97. The van der Waals surface area contributed by atoms with Gasteiger partial charge in [0.05, 0.1) is 6.04 Å². The molecule has 1 aromatic heterocycles. The first-order chi connectivity index (χ1) is 11.8. The minimum atomic E-state index is -0.912. The summed E-state index contributed by atoms with van der Waals surface area (Å²) in [6.07, 6.45) is 0. The molecule has 3 nitrogen and oxygen atoms in total. The average molecular weight is 342 g/mol. The van der Waals surface area contributed by atoms with Crippen LogP contribution in [0.15, 0.2) is 36.4 Å². The van der Waals surface area contributed by atoms with E-state index in [1.54, 1.807) is 20.0 Å². The first-order valence-corrected chi connectivity index (χ1v) is 8.10. The Morgan fingerprint density at radius 2 is 1.80 bits per heavy atom. The Bertz CT molecular complexity index is 962. The second-order valence-electron chi connectivity index (χ2n) is 6.40. The number of fused-ring (bicyclic) bond motifs is 1. The number of carbonyl (C=O) groups is 1. The van der Waals surface area contributed by atoms with Gasteiger partial charge in [0.1, 0.15) is 0 Å². The number of rotatable bonds is 3. The number of benzene rings is 2. The molecule has 0 aliphatic carbocycles. The molecular formula is C20H20F2N2O. The summed E-state index contributed by atoms with van der Waals surface area (Å²) in [5, 5.41) is 1.01. The predicted molar refractivity (Wildman–Crippen MR) is 94.6 cm³/mol. The molecule has 2 aromatic carbocycles. The van der Waals surface area contributed by atoms with E-state index >= 15 is 0 Å². The van der Waals surface area contributed by atoms with Gasteiger partial charge < -0.3 is 9.88 Å². The zero-order valence-corrected chi connectivity index (χ0v) is 14.7. The van der Waals surface area contributed by atoms with Crippen molar-refractivity contribution in [3.05, 3.63) is 70.4 Å². The summed E-state index contributed by atoms with van der Waals surface area (Å²) in [6, 6.07) is 8.85. The monoisotopic (exact) mass is 342 g/mol. The molecule has 3 aromatic rings. The van der Waals surface area contributed by atoms with Crippen LogP contribution in [0.5, 0.6) is 0 Å². The Morgan fingerprint density at radius 1 is 1.08 bits per heavy atom. The molecule has 1 atom stereocenters. The standard InChI is InChI=1S/C20H20F2N2O/c1-11-12(2)23-19-8-6-15(9-16(11)19)20(25)24(4)13(3)14-5-7-17(21)18(22)10-14/h5-10,13,23H,1-4H3. The number of hydrogen-bond acceptors (Lipinski definition) is 1. The van der Waals surface area contributed by atoms with Gasteiger partial charge in [0.25, 0.3) is 5.91 Å². The van der Waals surface area contributed by atoms with Crippen LogP contribution in [0.2, 0.25) is 0 Å². The van der Waals surface area contributed by atoms with Crippen molar-refractivity contribution in [2.75, 3.05) is 7.05 Å². The van der Waals surface area contributed by atoms with Crippen molar-refractivity contribution < 1.29 is 13.6 Å². The molecule has 25 heavy (non-hydrogen) atoms. The molecule has 1 amide bonds. The lowest BCUT2D eigenvalue weighted by Gasteiger charge is -2.25. The van der Waals surface area contributed by atoms with Gasteiger partial charge in [-0.2, -0.15) is 0 Å². The molecular weight excluding hydrogens is 322 g/mol. The van der Waals surface area contributed by atoms with Gasteiger partial charge in [-0.05, 0) is 62.2 Å². The van der Waals surface area contributed by atoms with Crippen molar-refractivity contribution in [2.45, 2.75) is 26.8 Å². The van der Waals surface area contributed by atoms with Gasteiger partial charge in [-0.25, -0.2) is 8.78 Å². The van der Waals surface area contributed by atoms with Crippen molar-refractivity contribution in [3.8, 4) is 0 Å². The average Bonchev–Trinajstić information content (AvgIpc) is 2.89. The maximum absolute atomic E-state index is 13.5. The molecule has 1 N–H and O–H groups in total. The predicted octanol–water partition coefficient (Wildman–Crippen LogP) is 4.90. The summed E-state index contributed by atoms with van der Waals surface area (Å²) in [5.74, 6) is -1.98. The van der Waals surface area contributed by atoms with Crippen LogP contribution in [0.25, 0.3) is 10.9 Å². The lowest BCUT2D eigenvalue weighted by molar-refractivity contribution is 0.0742. The minimum absolute atomic E-state index is 0.169. The number of H-pyrrole nitrogens is 1. The fourth-order valence-electron chi connectivity index (χ4n) is 2.97. The van der Waals surface area contributed by atoms with E-state index in [-0.39, 0.29) is 11.9 Å². The third kappa shape index (κ3) is 3.02. The number of aromatic nitrogens is 1. The van der Waals surface area contributed by atoms with Crippen LogP contribution < -0.4 is 0 Å².